The molecule has 8 heteroatoms. The maximum atomic E-state index is 11.9. The van der Waals surface area contributed by atoms with Gasteiger partial charge in [0.25, 0.3) is 23.3 Å². The predicted octanol–water partition coefficient (Wildman–Crippen LogP) is -1.56. The molecule has 0 aromatic rings. The van der Waals surface area contributed by atoms with Crippen molar-refractivity contribution in [2.75, 3.05) is 0 Å². The second-order valence-corrected chi connectivity index (χ2v) is 3.73. The normalized spacial score (nSPS) is 39.8. The Morgan fingerprint density at radius 2 is 1.44 bits per heavy atom. The van der Waals surface area contributed by atoms with Crippen molar-refractivity contribution in [2.45, 2.75) is 24.3 Å². The average molecular weight is 224 g/mol. The lowest BCUT2D eigenvalue weighted by molar-refractivity contribution is -0.184. The third-order valence-corrected chi connectivity index (χ3v) is 2.69. The molecule has 3 aliphatic heterocycles. The minimum Gasteiger partial charge on any atom is -0.357 e. The molecular formula is C8H8N4O4. The van der Waals surface area contributed by atoms with Gasteiger partial charge in [0.1, 0.15) is 0 Å². The molecule has 2 amide bonds. The fraction of sp³-hybridized carbons (Fsp3) is 0.500. The largest absolute Gasteiger partial charge is 0.357 e. The molecule has 0 saturated carbocycles. The molecule has 8 nitrogen and oxygen atoms in total. The number of nitrogens with zero attached hydrogens (tertiary/aromatic N) is 2. The SMILES string of the molecule is O=C1N[C@]2(CC=NO2)C(=O)N[C@]12CC=NO2. The molecule has 2 spiro atoms. The first-order chi connectivity index (χ1) is 7.67. The van der Waals surface area contributed by atoms with Gasteiger partial charge in [-0.1, -0.05) is 10.3 Å². The van der Waals surface area contributed by atoms with E-state index >= 15 is 0 Å². The molecule has 0 bridgehead atoms. The smallest absolute Gasteiger partial charge is 0.293 e. The van der Waals surface area contributed by atoms with Crippen LogP contribution in [0.15, 0.2) is 10.3 Å². The Morgan fingerprint density at radius 3 is 1.75 bits per heavy atom. The van der Waals surface area contributed by atoms with E-state index < -0.39 is 23.3 Å². The van der Waals surface area contributed by atoms with Gasteiger partial charge in [-0.2, -0.15) is 0 Å². The number of hydrogen-bond acceptors (Lipinski definition) is 6. The molecule has 2 N–H and O–H groups in total. The summed E-state index contributed by atoms with van der Waals surface area (Å²) in [6.07, 6.45) is 3.23. The number of amides is 2. The van der Waals surface area contributed by atoms with Crippen molar-refractivity contribution in [1.29, 1.82) is 0 Å². The first kappa shape index (κ1) is 9.13. The summed E-state index contributed by atoms with van der Waals surface area (Å²) in [7, 11) is 0. The Labute approximate surface area is 89.6 Å². The number of nitrogens with one attached hydrogen (secondary N) is 2. The second kappa shape index (κ2) is 2.71. The third-order valence-electron chi connectivity index (χ3n) is 2.69. The highest BCUT2D eigenvalue weighted by atomic mass is 16.7. The van der Waals surface area contributed by atoms with Crippen molar-refractivity contribution in [3.63, 3.8) is 0 Å². The van der Waals surface area contributed by atoms with Crippen LogP contribution in [-0.2, 0) is 19.3 Å². The zero-order valence-corrected chi connectivity index (χ0v) is 8.10. The predicted molar refractivity (Wildman–Crippen MR) is 50.1 cm³/mol. The van der Waals surface area contributed by atoms with Crippen LogP contribution < -0.4 is 10.6 Å². The Kier molecular flexibility index (Phi) is 1.55. The number of rotatable bonds is 0. The van der Waals surface area contributed by atoms with Gasteiger partial charge in [-0.3, -0.25) is 9.59 Å². The zero-order valence-electron chi connectivity index (χ0n) is 8.10. The van der Waals surface area contributed by atoms with Crippen LogP contribution in [0.4, 0.5) is 0 Å². The molecule has 3 rings (SSSR count). The van der Waals surface area contributed by atoms with Crippen LogP contribution in [0.2, 0.25) is 0 Å². The monoisotopic (exact) mass is 224 g/mol. The van der Waals surface area contributed by atoms with E-state index in [4.69, 9.17) is 9.68 Å². The maximum Gasteiger partial charge on any atom is 0.293 e. The minimum atomic E-state index is -1.42. The van der Waals surface area contributed by atoms with Gasteiger partial charge in [-0.25, -0.2) is 0 Å². The summed E-state index contributed by atoms with van der Waals surface area (Å²) in [6, 6.07) is 0. The van der Waals surface area contributed by atoms with Crippen molar-refractivity contribution in [3.8, 4) is 0 Å². The van der Waals surface area contributed by atoms with E-state index in [0.29, 0.717) is 0 Å². The van der Waals surface area contributed by atoms with E-state index in [0.717, 1.165) is 0 Å². The summed E-state index contributed by atoms with van der Waals surface area (Å²) in [5.41, 5.74) is -2.84. The fourth-order valence-corrected chi connectivity index (χ4v) is 1.76. The van der Waals surface area contributed by atoms with Crippen LogP contribution in [0.1, 0.15) is 12.8 Å². The van der Waals surface area contributed by atoms with Gasteiger partial charge in [0, 0.05) is 0 Å². The molecule has 3 heterocycles. The molecule has 1 fully saturated rings. The number of oxime groups is 2. The molecule has 0 aliphatic carbocycles. The third kappa shape index (κ3) is 0.980. The van der Waals surface area contributed by atoms with Crippen molar-refractivity contribution in [1.82, 2.24) is 10.6 Å². The summed E-state index contributed by atoms with van der Waals surface area (Å²) in [6.45, 7) is 0. The molecule has 2 atom stereocenters. The summed E-state index contributed by atoms with van der Waals surface area (Å²) in [5, 5.41) is 11.9. The average Bonchev–Trinajstić information content (AvgIpc) is 2.86. The molecular weight excluding hydrogens is 216 g/mol. The van der Waals surface area contributed by atoms with E-state index in [9.17, 15) is 9.59 Å². The Balaban J connectivity index is 1.88. The highest BCUT2D eigenvalue weighted by molar-refractivity contribution is 6.03. The van der Waals surface area contributed by atoms with Gasteiger partial charge in [-0.05, 0) is 0 Å². The molecule has 16 heavy (non-hydrogen) atoms. The molecule has 1 saturated heterocycles. The quantitative estimate of drug-likeness (QED) is 0.519. The van der Waals surface area contributed by atoms with Gasteiger partial charge in [0.2, 0.25) is 0 Å². The van der Waals surface area contributed by atoms with Crippen molar-refractivity contribution in [2.24, 2.45) is 10.3 Å². The van der Waals surface area contributed by atoms with E-state index in [1.807, 2.05) is 0 Å². The second-order valence-electron chi connectivity index (χ2n) is 3.73. The lowest BCUT2D eigenvalue weighted by Gasteiger charge is -2.38. The van der Waals surface area contributed by atoms with Crippen LogP contribution in [0.25, 0.3) is 0 Å². The van der Waals surface area contributed by atoms with Crippen molar-refractivity contribution < 1.29 is 19.3 Å². The highest BCUT2D eigenvalue weighted by Gasteiger charge is 2.59. The van der Waals surface area contributed by atoms with Gasteiger partial charge in [-0.15, -0.1) is 0 Å². The molecule has 84 valence electrons. The van der Waals surface area contributed by atoms with Crippen LogP contribution in [0, 0.1) is 0 Å². The molecule has 0 aromatic heterocycles. The van der Waals surface area contributed by atoms with Crippen LogP contribution >= 0.6 is 0 Å². The van der Waals surface area contributed by atoms with Gasteiger partial charge in [0.05, 0.1) is 25.3 Å². The molecule has 0 radical (unpaired) electrons. The Bertz CT molecular complexity index is 374. The number of carbonyl (C=O) groups excluding carboxylic acids is 2. The summed E-state index contributed by atoms with van der Waals surface area (Å²) < 4.78 is 0. The van der Waals surface area contributed by atoms with E-state index in [-0.39, 0.29) is 12.8 Å². The molecule has 0 aromatic carbocycles. The highest BCUT2D eigenvalue weighted by Crippen LogP contribution is 2.28. The zero-order chi connectivity index (χ0) is 11.2. The lowest BCUT2D eigenvalue weighted by atomic mass is 10.0. The Hall–Kier alpha value is -2.12. The summed E-state index contributed by atoms with van der Waals surface area (Å²) in [5.74, 6) is -0.981. The fourth-order valence-electron chi connectivity index (χ4n) is 1.76. The van der Waals surface area contributed by atoms with Crippen LogP contribution in [0.5, 0.6) is 0 Å². The van der Waals surface area contributed by atoms with Crippen LogP contribution in [0.3, 0.4) is 0 Å². The van der Waals surface area contributed by atoms with Gasteiger partial charge in [0.15, 0.2) is 0 Å². The van der Waals surface area contributed by atoms with E-state index in [1.54, 1.807) is 0 Å². The molecule has 0 unspecified atom stereocenters. The van der Waals surface area contributed by atoms with Crippen LogP contribution in [-0.4, -0.2) is 35.7 Å². The number of carbonyl (C=O) groups is 2. The van der Waals surface area contributed by atoms with Gasteiger partial charge < -0.3 is 20.3 Å². The lowest BCUT2D eigenvalue weighted by Crippen LogP contribution is -2.74. The summed E-state index contributed by atoms with van der Waals surface area (Å²) >= 11 is 0. The first-order valence-electron chi connectivity index (χ1n) is 4.72. The maximum absolute atomic E-state index is 11.9. The van der Waals surface area contributed by atoms with Crippen molar-refractivity contribution in [3.05, 3.63) is 0 Å². The molecule has 3 aliphatic rings. The number of piperazine rings is 1. The topological polar surface area (TPSA) is 101 Å². The Morgan fingerprint density at radius 1 is 1.00 bits per heavy atom. The van der Waals surface area contributed by atoms with Crippen molar-refractivity contribution >= 4 is 24.2 Å². The van der Waals surface area contributed by atoms with E-state index in [2.05, 4.69) is 20.9 Å². The minimum absolute atomic E-state index is 0.196. The standard InChI is InChI=1S/C8H8N4O4/c13-5-7(1-3-9-15-7)11-6(14)8(12-5)2-4-10-16-8/h3-4H,1-2H2,(H,11,14)(H,12,13)/t7-,8-/m0/s1. The summed E-state index contributed by atoms with van der Waals surface area (Å²) in [4.78, 5) is 33.5. The van der Waals surface area contributed by atoms with Gasteiger partial charge >= 0.3 is 0 Å². The van der Waals surface area contributed by atoms with E-state index in [1.165, 1.54) is 12.4 Å². The first-order valence-corrected chi connectivity index (χ1v) is 4.72. The number of hydrogen-bond donors (Lipinski definition) is 2.